The molecule has 0 aliphatic heterocycles. The minimum absolute atomic E-state index is 0.0786. The van der Waals surface area contributed by atoms with Gasteiger partial charge in [0.15, 0.2) is 0 Å². The van der Waals surface area contributed by atoms with Crippen LogP contribution in [-0.2, 0) is 0 Å². The van der Waals surface area contributed by atoms with Crippen LogP contribution in [-0.4, -0.2) is 22.4 Å². The summed E-state index contributed by atoms with van der Waals surface area (Å²) >= 11 is 3.33. The third kappa shape index (κ3) is 2.92. The fraction of sp³-hybridized carbons (Fsp3) is 0. The number of nitrogens with one attached hydrogen (secondary N) is 1. The predicted molar refractivity (Wildman–Crippen MR) is 67.9 cm³/mol. The van der Waals surface area contributed by atoms with Crippen molar-refractivity contribution in [2.45, 2.75) is 0 Å². The summed E-state index contributed by atoms with van der Waals surface area (Å²) in [6.45, 7) is 0. The molecule has 1 aromatic carbocycles. The number of hydrogen-bond acceptors (Lipinski definition) is 6. The van der Waals surface area contributed by atoms with Crippen LogP contribution in [0.4, 0.5) is 5.82 Å². The largest absolute Gasteiger partial charge is 0.379 e. The van der Waals surface area contributed by atoms with Crippen LogP contribution >= 0.6 is 15.9 Å². The number of hydrazone groups is 1. The van der Waals surface area contributed by atoms with Crippen molar-refractivity contribution in [3.8, 4) is 0 Å². The monoisotopic (exact) mass is 309 g/mol. The summed E-state index contributed by atoms with van der Waals surface area (Å²) in [5.74, 6) is -0.662. The van der Waals surface area contributed by atoms with E-state index in [1.54, 1.807) is 0 Å². The molecular weight excluding hydrogens is 302 g/mol. The molecule has 2 aromatic rings. The number of halogens is 1. The van der Waals surface area contributed by atoms with Crippen molar-refractivity contribution in [2.24, 2.45) is 5.10 Å². The molecule has 0 unspecified atom stereocenters. The zero-order chi connectivity index (χ0) is 13.0. The Kier molecular flexibility index (Phi) is 3.68. The Balaban J connectivity index is 2.00. The normalized spacial score (nSPS) is 10.7. The Morgan fingerprint density at radius 3 is 3.00 bits per heavy atom. The van der Waals surface area contributed by atoms with E-state index in [1.165, 1.54) is 6.21 Å². The van der Waals surface area contributed by atoms with Gasteiger partial charge in [0.25, 0.3) is 5.91 Å². The summed E-state index contributed by atoms with van der Waals surface area (Å²) in [4.78, 5) is 11.5. The first-order chi connectivity index (χ1) is 8.66. The molecule has 0 fully saturated rings. The van der Waals surface area contributed by atoms with Crippen LogP contribution < -0.4 is 11.2 Å². The molecule has 18 heavy (non-hydrogen) atoms. The van der Waals surface area contributed by atoms with Crippen LogP contribution in [0, 0.1) is 0 Å². The van der Waals surface area contributed by atoms with E-state index in [1.807, 2.05) is 24.3 Å². The maximum Gasteiger partial charge on any atom is 0.297 e. The van der Waals surface area contributed by atoms with Crippen LogP contribution in [0.2, 0.25) is 0 Å². The SMILES string of the molecule is Nc1nonc1C(=O)N/N=C/c1cccc(Br)c1. The van der Waals surface area contributed by atoms with Crippen LogP contribution in [0.15, 0.2) is 38.5 Å². The van der Waals surface area contributed by atoms with E-state index in [2.05, 4.69) is 41.4 Å². The van der Waals surface area contributed by atoms with Crippen LogP contribution in [0.1, 0.15) is 16.1 Å². The van der Waals surface area contributed by atoms with E-state index in [0.29, 0.717) is 0 Å². The number of nitrogen functional groups attached to an aromatic ring is 1. The Labute approximate surface area is 110 Å². The molecule has 1 aromatic heterocycles. The second kappa shape index (κ2) is 5.41. The zero-order valence-corrected chi connectivity index (χ0v) is 10.6. The molecule has 92 valence electrons. The summed E-state index contributed by atoms with van der Waals surface area (Å²) < 4.78 is 5.22. The van der Waals surface area contributed by atoms with E-state index >= 15 is 0 Å². The number of nitrogens with zero attached hydrogens (tertiary/aromatic N) is 3. The molecule has 3 N–H and O–H groups in total. The highest BCUT2D eigenvalue weighted by Gasteiger charge is 2.14. The molecule has 1 heterocycles. The third-order valence-electron chi connectivity index (χ3n) is 1.96. The summed E-state index contributed by atoms with van der Waals surface area (Å²) in [6, 6.07) is 7.43. The minimum Gasteiger partial charge on any atom is -0.379 e. The van der Waals surface area contributed by atoms with Gasteiger partial charge in [-0.2, -0.15) is 5.10 Å². The van der Waals surface area contributed by atoms with Crippen molar-refractivity contribution in [3.63, 3.8) is 0 Å². The van der Waals surface area contributed by atoms with E-state index < -0.39 is 5.91 Å². The van der Waals surface area contributed by atoms with Gasteiger partial charge in [-0.05, 0) is 28.0 Å². The number of aromatic nitrogens is 2. The van der Waals surface area contributed by atoms with Gasteiger partial charge in [-0.1, -0.05) is 28.1 Å². The Morgan fingerprint density at radius 2 is 2.33 bits per heavy atom. The van der Waals surface area contributed by atoms with Crippen molar-refractivity contribution in [1.82, 2.24) is 15.7 Å². The van der Waals surface area contributed by atoms with Gasteiger partial charge in [0.05, 0.1) is 6.21 Å². The number of nitrogens with two attached hydrogens (primary N) is 1. The van der Waals surface area contributed by atoms with Gasteiger partial charge in [-0.15, -0.1) is 0 Å². The lowest BCUT2D eigenvalue weighted by atomic mass is 10.2. The maximum absolute atomic E-state index is 11.5. The van der Waals surface area contributed by atoms with Gasteiger partial charge in [0, 0.05) is 4.47 Å². The topological polar surface area (TPSA) is 106 Å². The van der Waals surface area contributed by atoms with Gasteiger partial charge < -0.3 is 5.73 Å². The quantitative estimate of drug-likeness (QED) is 0.654. The van der Waals surface area contributed by atoms with E-state index in [0.717, 1.165) is 10.0 Å². The van der Waals surface area contributed by atoms with Gasteiger partial charge in [0.1, 0.15) is 0 Å². The molecule has 0 bridgehead atoms. The van der Waals surface area contributed by atoms with Crippen LogP contribution in [0.25, 0.3) is 0 Å². The molecule has 0 aliphatic rings. The summed E-state index contributed by atoms with van der Waals surface area (Å²) in [7, 11) is 0. The molecule has 0 saturated carbocycles. The lowest BCUT2D eigenvalue weighted by Gasteiger charge is -1.96. The second-order valence-corrected chi connectivity index (χ2v) is 4.17. The molecule has 8 heteroatoms. The first-order valence-electron chi connectivity index (χ1n) is 4.84. The maximum atomic E-state index is 11.5. The molecule has 0 radical (unpaired) electrons. The number of hydrogen-bond donors (Lipinski definition) is 2. The molecule has 1 amide bonds. The third-order valence-corrected chi connectivity index (χ3v) is 2.45. The molecule has 0 saturated heterocycles. The summed E-state index contributed by atoms with van der Waals surface area (Å²) in [6.07, 6.45) is 1.49. The molecule has 0 atom stereocenters. The zero-order valence-electron chi connectivity index (χ0n) is 9.00. The molecule has 0 aliphatic carbocycles. The number of benzene rings is 1. The molecule has 2 rings (SSSR count). The Bertz CT molecular complexity index is 595. The number of amides is 1. The summed E-state index contributed by atoms with van der Waals surface area (Å²) in [5.41, 5.74) is 8.36. The average Bonchev–Trinajstić information content (AvgIpc) is 2.75. The lowest BCUT2D eigenvalue weighted by Crippen LogP contribution is -2.19. The predicted octanol–water partition coefficient (Wildman–Crippen LogP) is 1.18. The fourth-order valence-electron chi connectivity index (χ4n) is 1.16. The highest BCUT2D eigenvalue weighted by molar-refractivity contribution is 9.10. The number of anilines is 1. The fourth-order valence-corrected chi connectivity index (χ4v) is 1.58. The van der Waals surface area contributed by atoms with E-state index in [-0.39, 0.29) is 11.5 Å². The number of rotatable bonds is 3. The van der Waals surface area contributed by atoms with Crippen molar-refractivity contribution >= 4 is 33.9 Å². The van der Waals surface area contributed by atoms with E-state index in [9.17, 15) is 4.79 Å². The highest BCUT2D eigenvalue weighted by Crippen LogP contribution is 2.09. The Hall–Kier alpha value is -2.22. The lowest BCUT2D eigenvalue weighted by molar-refractivity contribution is 0.0946. The number of carbonyl (C=O) groups excluding carboxylic acids is 1. The minimum atomic E-state index is -0.583. The molecule has 7 nitrogen and oxygen atoms in total. The summed E-state index contributed by atoms with van der Waals surface area (Å²) in [5, 5.41) is 10.4. The van der Waals surface area contributed by atoms with Gasteiger partial charge in [-0.25, -0.2) is 10.1 Å². The van der Waals surface area contributed by atoms with Crippen molar-refractivity contribution in [1.29, 1.82) is 0 Å². The standard InChI is InChI=1S/C10H8BrN5O2/c11-7-3-1-2-6(4-7)5-13-14-10(17)8-9(12)16-18-15-8/h1-5H,(H2,12,16)(H,14,17)/b13-5+. The Morgan fingerprint density at radius 1 is 1.50 bits per heavy atom. The molecule has 0 spiro atoms. The van der Waals surface area contributed by atoms with Crippen molar-refractivity contribution in [3.05, 3.63) is 40.0 Å². The first-order valence-corrected chi connectivity index (χ1v) is 5.63. The molecular formula is C10H8BrN5O2. The van der Waals surface area contributed by atoms with Crippen LogP contribution in [0.3, 0.4) is 0 Å². The van der Waals surface area contributed by atoms with Crippen molar-refractivity contribution < 1.29 is 9.42 Å². The highest BCUT2D eigenvalue weighted by atomic mass is 79.9. The van der Waals surface area contributed by atoms with E-state index in [4.69, 9.17) is 5.73 Å². The average molecular weight is 310 g/mol. The number of carbonyl (C=O) groups is 1. The smallest absolute Gasteiger partial charge is 0.297 e. The van der Waals surface area contributed by atoms with Crippen molar-refractivity contribution in [2.75, 3.05) is 5.73 Å². The van der Waals surface area contributed by atoms with Gasteiger partial charge >= 0.3 is 0 Å². The van der Waals surface area contributed by atoms with Crippen LogP contribution in [0.5, 0.6) is 0 Å². The second-order valence-electron chi connectivity index (χ2n) is 3.25. The first kappa shape index (κ1) is 12.2. The van der Waals surface area contributed by atoms with Gasteiger partial charge in [-0.3, -0.25) is 4.79 Å². The van der Waals surface area contributed by atoms with Gasteiger partial charge in [0.2, 0.25) is 11.5 Å².